The Morgan fingerprint density at radius 2 is 1.76 bits per heavy atom. The minimum absolute atomic E-state index is 0. The molecule has 202 valence electrons. The van der Waals surface area contributed by atoms with Crippen LogP contribution in [-0.4, -0.2) is 39.3 Å². The van der Waals surface area contributed by atoms with Crippen molar-refractivity contribution in [3.63, 3.8) is 0 Å². The summed E-state index contributed by atoms with van der Waals surface area (Å²) in [6.45, 7) is 8.43. The maximum Gasteiger partial charge on any atom is 0.341 e. The summed E-state index contributed by atoms with van der Waals surface area (Å²) in [6, 6.07) is 8.11. The fourth-order valence-electron chi connectivity index (χ4n) is 4.07. The Hall–Kier alpha value is -2.98. The van der Waals surface area contributed by atoms with Gasteiger partial charge < -0.3 is 20.3 Å². The molecule has 9 nitrogen and oxygen atoms in total. The molecule has 1 atom stereocenters. The van der Waals surface area contributed by atoms with Crippen molar-refractivity contribution in [1.82, 2.24) is 15.2 Å². The number of nitrogens with two attached hydrogens (primary N) is 1. The summed E-state index contributed by atoms with van der Waals surface area (Å²) in [5.74, 6) is -1.59. The van der Waals surface area contributed by atoms with E-state index in [1.165, 1.54) is 13.3 Å². The molecule has 3 aromatic rings. The van der Waals surface area contributed by atoms with Crippen LogP contribution in [0.15, 0.2) is 30.5 Å². The number of pyridine rings is 1. The van der Waals surface area contributed by atoms with Gasteiger partial charge in [0, 0.05) is 29.7 Å². The number of rotatable bonds is 10. The highest BCUT2D eigenvalue weighted by atomic mass is 35.5. The number of esters is 1. The fourth-order valence-corrected chi connectivity index (χ4v) is 4.07. The molecule has 37 heavy (non-hydrogen) atoms. The van der Waals surface area contributed by atoms with E-state index >= 15 is 0 Å². The van der Waals surface area contributed by atoms with Gasteiger partial charge in [0.1, 0.15) is 11.3 Å². The van der Waals surface area contributed by atoms with Crippen LogP contribution >= 0.6 is 24.8 Å². The minimum Gasteiger partial charge on any atom is -0.478 e. The number of carboxylic acids is 1. The summed E-state index contributed by atoms with van der Waals surface area (Å²) in [4.78, 5) is 29.0. The number of H-pyrrole nitrogens is 1. The third-order valence-electron chi connectivity index (χ3n) is 5.80. The van der Waals surface area contributed by atoms with Gasteiger partial charge in [-0.3, -0.25) is 10.1 Å². The number of hydrogen-bond acceptors (Lipinski definition) is 7. The van der Waals surface area contributed by atoms with E-state index in [1.54, 1.807) is 0 Å². The minimum atomic E-state index is -1.33. The average Bonchev–Trinajstić information content (AvgIpc) is 3.30. The van der Waals surface area contributed by atoms with Gasteiger partial charge in [0.2, 0.25) is 0 Å². The summed E-state index contributed by atoms with van der Waals surface area (Å²) in [5, 5.41) is 15.9. The number of aromatic nitrogens is 3. The zero-order chi connectivity index (χ0) is 25.7. The van der Waals surface area contributed by atoms with Gasteiger partial charge in [-0.1, -0.05) is 43.7 Å². The lowest BCUT2D eigenvalue weighted by Gasteiger charge is -2.22. The number of methoxy groups -OCH3 is 1. The number of nitrogens with one attached hydrogen (secondary N) is 1. The summed E-state index contributed by atoms with van der Waals surface area (Å²) in [7, 11) is 1.21. The molecule has 1 aromatic carbocycles. The average molecular weight is 553 g/mol. The van der Waals surface area contributed by atoms with Crippen LogP contribution in [0.2, 0.25) is 0 Å². The van der Waals surface area contributed by atoms with Crippen LogP contribution < -0.4 is 5.73 Å². The van der Waals surface area contributed by atoms with Gasteiger partial charge in [-0.05, 0) is 42.9 Å². The number of nitrogens with zero attached hydrogens (tertiary/aromatic N) is 2. The number of carboxylic acid groups (broad SMARTS) is 1. The third kappa shape index (κ3) is 7.29. The number of carbonyl (C=O) groups is 2. The molecule has 0 fully saturated rings. The van der Waals surface area contributed by atoms with Gasteiger partial charge in [-0.2, -0.15) is 5.10 Å². The van der Waals surface area contributed by atoms with Crippen LogP contribution in [0.5, 0.6) is 0 Å². The van der Waals surface area contributed by atoms with E-state index in [4.69, 9.17) is 20.2 Å². The molecule has 0 aliphatic heterocycles. The number of aryl methyl sites for hydroxylation is 2. The lowest BCUT2D eigenvalue weighted by atomic mass is 9.90. The maximum absolute atomic E-state index is 12.6. The lowest BCUT2D eigenvalue weighted by Crippen LogP contribution is -2.21. The van der Waals surface area contributed by atoms with Crippen molar-refractivity contribution in [2.75, 3.05) is 7.11 Å². The van der Waals surface area contributed by atoms with E-state index in [1.807, 2.05) is 38.1 Å². The second-order valence-corrected chi connectivity index (χ2v) is 8.85. The van der Waals surface area contributed by atoms with E-state index in [9.17, 15) is 14.7 Å². The standard InChI is InChI=1S/C26H32N4O5.2ClH/c1-14(2)10-21-18(11-27)22(17-8-6-15(3)7-9-17)20(16(4)29-21)13-35-24(26(33)34-5)23-19(25(31)32)12-28-30-23;;/h6-9,12,14,24H,10-11,13,27H2,1-5H3,(H,28,30)(H,31,32);2*1H. The zero-order valence-electron chi connectivity index (χ0n) is 21.5. The first-order chi connectivity index (χ1) is 16.7. The summed E-state index contributed by atoms with van der Waals surface area (Å²) in [5.41, 5.74) is 12.4. The number of aromatic carboxylic acids is 1. The highest BCUT2D eigenvalue weighted by Crippen LogP contribution is 2.34. The van der Waals surface area contributed by atoms with Gasteiger partial charge >= 0.3 is 11.9 Å². The van der Waals surface area contributed by atoms with E-state index in [2.05, 4.69) is 24.0 Å². The summed E-state index contributed by atoms with van der Waals surface area (Å²) < 4.78 is 10.9. The quantitative estimate of drug-likeness (QED) is 0.307. The van der Waals surface area contributed by atoms with Crippen molar-refractivity contribution < 1.29 is 24.2 Å². The summed E-state index contributed by atoms with van der Waals surface area (Å²) >= 11 is 0. The van der Waals surface area contributed by atoms with Crippen molar-refractivity contribution in [3.05, 3.63) is 69.8 Å². The van der Waals surface area contributed by atoms with Gasteiger partial charge in [0.05, 0.1) is 13.7 Å². The number of benzene rings is 1. The predicted octanol–water partition coefficient (Wildman–Crippen LogP) is 4.72. The Bertz CT molecular complexity index is 1210. The van der Waals surface area contributed by atoms with Gasteiger partial charge in [0.25, 0.3) is 0 Å². The fraction of sp³-hybridized carbons (Fsp3) is 0.385. The van der Waals surface area contributed by atoms with Crippen LogP contribution in [0.1, 0.15) is 64.1 Å². The second-order valence-electron chi connectivity index (χ2n) is 8.85. The molecule has 11 heteroatoms. The van der Waals surface area contributed by atoms with Crippen molar-refractivity contribution in [1.29, 1.82) is 0 Å². The second kappa shape index (κ2) is 14.1. The van der Waals surface area contributed by atoms with Crippen molar-refractivity contribution in [3.8, 4) is 11.1 Å². The van der Waals surface area contributed by atoms with Crippen LogP contribution in [0.25, 0.3) is 11.1 Å². The SMILES string of the molecule is COC(=O)C(OCc1c(C)nc(CC(C)C)c(CN)c1-c1ccc(C)cc1)c1n[nH]cc1C(=O)O.Cl.Cl. The first-order valence-corrected chi connectivity index (χ1v) is 11.4. The molecule has 0 amide bonds. The Kier molecular flexibility index (Phi) is 12.2. The number of halogens is 2. The normalized spacial score (nSPS) is 11.4. The number of hydrogen-bond donors (Lipinski definition) is 3. The van der Waals surface area contributed by atoms with Crippen molar-refractivity contribution >= 4 is 36.8 Å². The molecule has 0 saturated heterocycles. The largest absolute Gasteiger partial charge is 0.478 e. The van der Waals surface area contributed by atoms with Crippen LogP contribution in [-0.2, 0) is 33.8 Å². The van der Waals surface area contributed by atoms with E-state index in [0.717, 1.165) is 45.6 Å². The number of ether oxygens (including phenoxy) is 2. The predicted molar refractivity (Wildman–Crippen MR) is 145 cm³/mol. The molecule has 0 spiro atoms. The number of aromatic amines is 1. The maximum atomic E-state index is 12.6. The first kappa shape index (κ1) is 32.0. The van der Waals surface area contributed by atoms with Crippen molar-refractivity contribution in [2.45, 2.75) is 53.4 Å². The molecule has 0 saturated carbocycles. The van der Waals surface area contributed by atoms with Gasteiger partial charge in [-0.25, -0.2) is 9.59 Å². The molecule has 0 aliphatic rings. The van der Waals surface area contributed by atoms with E-state index < -0.39 is 18.0 Å². The smallest absolute Gasteiger partial charge is 0.341 e. The molecule has 2 heterocycles. The lowest BCUT2D eigenvalue weighted by molar-refractivity contribution is -0.155. The highest BCUT2D eigenvalue weighted by Gasteiger charge is 2.31. The zero-order valence-corrected chi connectivity index (χ0v) is 23.2. The monoisotopic (exact) mass is 552 g/mol. The van der Waals surface area contributed by atoms with E-state index in [-0.39, 0.29) is 49.2 Å². The molecule has 0 radical (unpaired) electrons. The first-order valence-electron chi connectivity index (χ1n) is 11.4. The Labute approximate surface area is 229 Å². The number of carbonyl (C=O) groups excluding carboxylic acids is 1. The van der Waals surface area contributed by atoms with Gasteiger partial charge in [0.15, 0.2) is 6.10 Å². The molecule has 1 unspecified atom stereocenters. The van der Waals surface area contributed by atoms with E-state index in [0.29, 0.717) is 5.92 Å². The molecule has 0 aliphatic carbocycles. The molecule has 4 N–H and O–H groups in total. The summed E-state index contributed by atoms with van der Waals surface area (Å²) in [6.07, 6.45) is 0.640. The van der Waals surface area contributed by atoms with Crippen LogP contribution in [0.4, 0.5) is 0 Å². The molecule has 0 bridgehead atoms. The molecule has 2 aromatic heterocycles. The Morgan fingerprint density at radius 3 is 2.30 bits per heavy atom. The Balaban J connectivity index is 0.00000342. The molecular formula is C26H34Cl2N4O5. The van der Waals surface area contributed by atoms with Crippen molar-refractivity contribution in [2.24, 2.45) is 11.7 Å². The van der Waals surface area contributed by atoms with Crippen LogP contribution in [0, 0.1) is 19.8 Å². The van der Waals surface area contributed by atoms with Gasteiger partial charge in [-0.15, -0.1) is 24.8 Å². The third-order valence-corrected chi connectivity index (χ3v) is 5.80. The highest BCUT2D eigenvalue weighted by molar-refractivity contribution is 5.91. The topological polar surface area (TPSA) is 140 Å². The Morgan fingerprint density at radius 1 is 1.11 bits per heavy atom. The molecule has 3 rings (SSSR count). The molecular weight excluding hydrogens is 519 g/mol. The van der Waals surface area contributed by atoms with Crippen LogP contribution in [0.3, 0.4) is 0 Å².